The molecule has 3 rings (SSSR count). The number of hydrogen-bond donors (Lipinski definition) is 1. The average Bonchev–Trinajstić information content (AvgIpc) is 2.88. The number of hydrogen-bond acceptors (Lipinski definition) is 3. The van der Waals surface area contributed by atoms with Gasteiger partial charge in [0.1, 0.15) is 0 Å². The number of nitrogens with one attached hydrogen (secondary N) is 1. The van der Waals surface area contributed by atoms with Gasteiger partial charge in [0.15, 0.2) is 4.96 Å². The molecule has 2 aromatic heterocycles. The Morgan fingerprint density at radius 2 is 2.12 bits per heavy atom. The maximum absolute atomic E-state index is 4.52. The van der Waals surface area contributed by atoms with E-state index in [0.717, 1.165) is 27.4 Å². The molecule has 86 valence electrons. The third kappa shape index (κ3) is 2.35. The van der Waals surface area contributed by atoms with Crippen LogP contribution in [-0.2, 0) is 6.54 Å². The van der Waals surface area contributed by atoms with Crippen molar-refractivity contribution in [2.75, 3.05) is 5.32 Å². The predicted molar refractivity (Wildman–Crippen MR) is 74.5 cm³/mol. The normalized spacial score (nSPS) is 10.9. The van der Waals surface area contributed by atoms with Crippen LogP contribution in [0, 0.1) is 0 Å². The van der Waals surface area contributed by atoms with Crippen LogP contribution in [0.5, 0.6) is 0 Å². The van der Waals surface area contributed by atoms with Crippen molar-refractivity contribution in [1.29, 1.82) is 0 Å². The summed E-state index contributed by atoms with van der Waals surface area (Å²) in [5.41, 5.74) is 2.16. The van der Waals surface area contributed by atoms with E-state index in [0.29, 0.717) is 0 Å². The quantitative estimate of drug-likeness (QED) is 0.798. The third-order valence-electron chi connectivity index (χ3n) is 2.46. The Hall–Kier alpha value is -1.33. The highest BCUT2D eigenvalue weighted by Gasteiger charge is 2.01. The second-order valence-corrected chi connectivity index (χ2v) is 5.47. The molecule has 0 saturated carbocycles. The van der Waals surface area contributed by atoms with E-state index in [1.54, 1.807) is 11.3 Å². The first-order chi connectivity index (χ1) is 8.31. The summed E-state index contributed by atoms with van der Waals surface area (Å²) in [5.74, 6) is 0. The zero-order valence-electron chi connectivity index (χ0n) is 8.93. The zero-order chi connectivity index (χ0) is 11.7. The number of halogens is 1. The Morgan fingerprint density at radius 3 is 2.88 bits per heavy atom. The minimum Gasteiger partial charge on any atom is -0.379 e. The summed E-state index contributed by atoms with van der Waals surface area (Å²) in [5, 5.41) is 5.38. The molecule has 3 aromatic rings. The molecule has 0 bridgehead atoms. The lowest BCUT2D eigenvalue weighted by atomic mass is 10.3. The van der Waals surface area contributed by atoms with E-state index in [1.165, 1.54) is 0 Å². The Bertz CT molecular complexity index is 598. The molecule has 2 heterocycles. The molecule has 0 unspecified atom stereocenters. The van der Waals surface area contributed by atoms with Gasteiger partial charge >= 0.3 is 0 Å². The van der Waals surface area contributed by atoms with Gasteiger partial charge in [-0.05, 0) is 24.3 Å². The highest BCUT2D eigenvalue weighted by atomic mass is 79.9. The van der Waals surface area contributed by atoms with Gasteiger partial charge in [-0.1, -0.05) is 15.9 Å². The van der Waals surface area contributed by atoms with Crippen LogP contribution in [0.3, 0.4) is 0 Å². The topological polar surface area (TPSA) is 29.3 Å². The molecule has 0 aliphatic rings. The number of imidazole rings is 1. The van der Waals surface area contributed by atoms with E-state index in [9.17, 15) is 0 Å². The minimum absolute atomic E-state index is 0.746. The number of rotatable bonds is 3. The first kappa shape index (κ1) is 10.8. The summed E-state index contributed by atoms with van der Waals surface area (Å²) in [4.78, 5) is 5.55. The van der Waals surface area contributed by atoms with E-state index in [2.05, 4.69) is 32.4 Å². The molecule has 3 nitrogen and oxygen atoms in total. The summed E-state index contributed by atoms with van der Waals surface area (Å²) in [7, 11) is 0. The molecule has 17 heavy (non-hydrogen) atoms. The van der Waals surface area contributed by atoms with Crippen molar-refractivity contribution < 1.29 is 0 Å². The van der Waals surface area contributed by atoms with Gasteiger partial charge in [0.05, 0.1) is 12.2 Å². The van der Waals surface area contributed by atoms with Crippen molar-refractivity contribution in [3.63, 3.8) is 0 Å². The lowest BCUT2D eigenvalue weighted by Crippen LogP contribution is -1.99. The molecule has 0 amide bonds. The van der Waals surface area contributed by atoms with Gasteiger partial charge in [-0.2, -0.15) is 0 Å². The van der Waals surface area contributed by atoms with Crippen LogP contribution in [-0.4, -0.2) is 9.38 Å². The number of anilines is 1. The summed E-state index contributed by atoms with van der Waals surface area (Å²) in [6, 6.07) is 8.13. The summed E-state index contributed by atoms with van der Waals surface area (Å²) in [6.07, 6.45) is 4.08. The number of fused-ring (bicyclic) bond motifs is 1. The Kier molecular flexibility index (Phi) is 2.86. The molecule has 0 aliphatic carbocycles. The maximum Gasteiger partial charge on any atom is 0.193 e. The SMILES string of the molecule is Brc1ccc(NCc2cn3ccsc3n2)cc1. The lowest BCUT2D eigenvalue weighted by Gasteiger charge is -2.03. The fourth-order valence-corrected chi connectivity index (χ4v) is 2.60. The number of benzene rings is 1. The fraction of sp³-hybridized carbons (Fsp3) is 0.0833. The molecule has 0 aliphatic heterocycles. The number of aromatic nitrogens is 2. The summed E-state index contributed by atoms with van der Waals surface area (Å²) in [6.45, 7) is 0.746. The Morgan fingerprint density at radius 1 is 1.29 bits per heavy atom. The second-order valence-electron chi connectivity index (χ2n) is 3.69. The number of thiazole rings is 1. The van der Waals surface area contributed by atoms with E-state index in [1.807, 2.05) is 40.2 Å². The largest absolute Gasteiger partial charge is 0.379 e. The van der Waals surface area contributed by atoms with Crippen LogP contribution in [0.1, 0.15) is 5.69 Å². The van der Waals surface area contributed by atoms with Gasteiger partial charge in [0.25, 0.3) is 0 Å². The molecule has 0 saturated heterocycles. The van der Waals surface area contributed by atoms with Gasteiger partial charge in [-0.25, -0.2) is 4.98 Å². The van der Waals surface area contributed by atoms with Crippen LogP contribution in [0.4, 0.5) is 5.69 Å². The first-order valence-corrected chi connectivity index (χ1v) is 6.89. The third-order valence-corrected chi connectivity index (χ3v) is 3.76. The predicted octanol–water partition coefficient (Wildman–Crippen LogP) is 3.77. The molecule has 1 N–H and O–H groups in total. The van der Waals surface area contributed by atoms with E-state index >= 15 is 0 Å². The monoisotopic (exact) mass is 307 g/mol. The van der Waals surface area contributed by atoms with Crippen LogP contribution < -0.4 is 5.32 Å². The van der Waals surface area contributed by atoms with E-state index in [-0.39, 0.29) is 0 Å². The maximum atomic E-state index is 4.52. The van der Waals surface area contributed by atoms with Gasteiger partial charge in [0, 0.05) is 27.9 Å². The Labute approximate surface area is 111 Å². The van der Waals surface area contributed by atoms with Crippen LogP contribution >= 0.6 is 27.3 Å². The van der Waals surface area contributed by atoms with Gasteiger partial charge in [0.2, 0.25) is 0 Å². The van der Waals surface area contributed by atoms with Crippen molar-refractivity contribution in [1.82, 2.24) is 9.38 Å². The van der Waals surface area contributed by atoms with Crippen molar-refractivity contribution in [2.45, 2.75) is 6.54 Å². The highest BCUT2D eigenvalue weighted by Crippen LogP contribution is 2.16. The molecule has 1 aromatic carbocycles. The van der Waals surface area contributed by atoms with Crippen LogP contribution in [0.25, 0.3) is 4.96 Å². The van der Waals surface area contributed by atoms with E-state index < -0.39 is 0 Å². The smallest absolute Gasteiger partial charge is 0.193 e. The summed E-state index contributed by atoms with van der Waals surface area (Å²) < 4.78 is 3.13. The van der Waals surface area contributed by atoms with Gasteiger partial charge < -0.3 is 5.32 Å². The molecule has 0 atom stereocenters. The van der Waals surface area contributed by atoms with Crippen molar-refractivity contribution in [3.05, 3.63) is 52.2 Å². The average molecular weight is 308 g/mol. The highest BCUT2D eigenvalue weighted by molar-refractivity contribution is 9.10. The van der Waals surface area contributed by atoms with Gasteiger partial charge in [-0.3, -0.25) is 4.40 Å². The molecule has 0 fully saturated rings. The molecule has 0 spiro atoms. The lowest BCUT2D eigenvalue weighted by molar-refractivity contribution is 1.08. The van der Waals surface area contributed by atoms with Crippen LogP contribution in [0.15, 0.2) is 46.5 Å². The number of nitrogens with zero attached hydrogens (tertiary/aromatic N) is 2. The fourth-order valence-electron chi connectivity index (χ4n) is 1.62. The van der Waals surface area contributed by atoms with Crippen molar-refractivity contribution in [2.24, 2.45) is 0 Å². The zero-order valence-corrected chi connectivity index (χ0v) is 11.3. The van der Waals surface area contributed by atoms with Crippen molar-refractivity contribution in [3.8, 4) is 0 Å². The molecular formula is C12H10BrN3S. The van der Waals surface area contributed by atoms with Gasteiger partial charge in [-0.15, -0.1) is 11.3 Å². The first-order valence-electron chi connectivity index (χ1n) is 5.22. The molecule has 5 heteroatoms. The minimum atomic E-state index is 0.746. The molecule has 0 radical (unpaired) electrons. The summed E-state index contributed by atoms with van der Waals surface area (Å²) >= 11 is 5.07. The molecular weight excluding hydrogens is 298 g/mol. The Balaban J connectivity index is 1.71. The van der Waals surface area contributed by atoms with Crippen molar-refractivity contribution >= 4 is 37.9 Å². The second kappa shape index (κ2) is 4.50. The standard InChI is InChI=1S/C12H10BrN3S/c13-9-1-3-10(4-2-9)14-7-11-8-16-5-6-17-12(16)15-11/h1-6,8,14H,7H2. The van der Waals surface area contributed by atoms with E-state index in [4.69, 9.17) is 0 Å². The van der Waals surface area contributed by atoms with Crippen LogP contribution in [0.2, 0.25) is 0 Å².